The lowest BCUT2D eigenvalue weighted by Gasteiger charge is -2.34. The van der Waals surface area contributed by atoms with Crippen molar-refractivity contribution in [3.05, 3.63) is 23.9 Å². The van der Waals surface area contributed by atoms with Crippen LogP contribution in [0.5, 0.6) is 0 Å². The van der Waals surface area contributed by atoms with Crippen LogP contribution in [0.4, 0.5) is 0 Å². The van der Waals surface area contributed by atoms with Gasteiger partial charge in [-0.2, -0.15) is 11.8 Å². The van der Waals surface area contributed by atoms with Gasteiger partial charge in [0.1, 0.15) is 0 Å². The summed E-state index contributed by atoms with van der Waals surface area (Å²) in [5, 5.41) is 4.10. The van der Waals surface area contributed by atoms with E-state index in [1.165, 1.54) is 18.5 Å². The maximum absolute atomic E-state index is 3.41. The van der Waals surface area contributed by atoms with E-state index in [9.17, 15) is 0 Å². The van der Waals surface area contributed by atoms with Crippen molar-refractivity contribution < 1.29 is 0 Å². The molecule has 1 fully saturated rings. The molecule has 1 saturated heterocycles. The zero-order valence-electron chi connectivity index (χ0n) is 9.41. The fraction of sp³-hybridized carbons (Fsp3) is 0.667. The molecule has 1 aliphatic heterocycles. The average Bonchev–Trinajstić information content (AvgIpc) is 2.55. The molecule has 0 spiro atoms. The van der Waals surface area contributed by atoms with Gasteiger partial charge in [-0.25, -0.2) is 0 Å². The zero-order chi connectivity index (χ0) is 10.5. The van der Waals surface area contributed by atoms with Crippen LogP contribution in [-0.2, 0) is 0 Å². The Labute approximate surface area is 96.8 Å². The molecule has 84 valence electrons. The van der Waals surface area contributed by atoms with Gasteiger partial charge >= 0.3 is 0 Å². The van der Waals surface area contributed by atoms with Crippen LogP contribution >= 0.6 is 11.8 Å². The first kappa shape index (κ1) is 11.1. The van der Waals surface area contributed by atoms with Crippen LogP contribution in [-0.4, -0.2) is 42.6 Å². The predicted octanol–water partition coefficient (Wildman–Crippen LogP) is 1.86. The summed E-state index contributed by atoms with van der Waals surface area (Å²) in [6.07, 6.45) is 11.6. The third-order valence-corrected chi connectivity index (χ3v) is 4.14. The monoisotopic (exact) mass is 224 g/mol. The van der Waals surface area contributed by atoms with Crippen LogP contribution in [0, 0.1) is 0 Å². The second-order valence-electron chi connectivity index (χ2n) is 4.06. The molecule has 0 bridgehead atoms. The molecule has 0 radical (unpaired) electrons. The molecule has 3 heteroatoms. The van der Waals surface area contributed by atoms with E-state index < -0.39 is 0 Å². The van der Waals surface area contributed by atoms with Crippen molar-refractivity contribution in [2.75, 3.05) is 32.4 Å². The number of nitrogens with one attached hydrogen (secondary N) is 1. The first-order chi connectivity index (χ1) is 7.42. The van der Waals surface area contributed by atoms with E-state index in [-0.39, 0.29) is 0 Å². The van der Waals surface area contributed by atoms with Crippen molar-refractivity contribution in [3.8, 4) is 0 Å². The van der Waals surface area contributed by atoms with E-state index in [0.717, 1.165) is 26.2 Å². The number of nitrogens with zero attached hydrogens (tertiary/aromatic N) is 1. The lowest BCUT2D eigenvalue weighted by Crippen LogP contribution is -2.44. The smallest absolute Gasteiger partial charge is 0.0447 e. The summed E-state index contributed by atoms with van der Waals surface area (Å²) in [5.74, 6) is 0. The van der Waals surface area contributed by atoms with Gasteiger partial charge in [-0.05, 0) is 25.2 Å². The summed E-state index contributed by atoms with van der Waals surface area (Å²) in [6, 6.07) is 0. The number of hydrogen-bond donors (Lipinski definition) is 1. The van der Waals surface area contributed by atoms with Gasteiger partial charge in [0.25, 0.3) is 0 Å². The molecule has 2 aliphatic rings. The van der Waals surface area contributed by atoms with Gasteiger partial charge in [0.15, 0.2) is 0 Å². The predicted molar refractivity (Wildman–Crippen MR) is 68.2 cm³/mol. The van der Waals surface area contributed by atoms with E-state index in [1.807, 2.05) is 11.8 Å². The SMILES string of the molecule is CSC1CCC=CC=C1N1CCNCC1. The highest BCUT2D eigenvalue weighted by Crippen LogP contribution is 2.27. The molecule has 0 aromatic heterocycles. The van der Waals surface area contributed by atoms with Gasteiger partial charge in [-0.3, -0.25) is 0 Å². The quantitative estimate of drug-likeness (QED) is 0.771. The molecular formula is C12H20N2S. The molecule has 1 aliphatic carbocycles. The Balaban J connectivity index is 2.07. The van der Waals surface area contributed by atoms with Gasteiger partial charge in [0, 0.05) is 37.1 Å². The summed E-state index contributed by atoms with van der Waals surface area (Å²) in [6.45, 7) is 4.58. The fourth-order valence-corrected chi connectivity index (χ4v) is 3.08. The molecule has 2 rings (SSSR count). The van der Waals surface area contributed by atoms with Crippen LogP contribution in [0.1, 0.15) is 12.8 Å². The molecular weight excluding hydrogens is 204 g/mol. The Morgan fingerprint density at radius 1 is 1.40 bits per heavy atom. The molecule has 0 amide bonds. The van der Waals surface area contributed by atoms with Crippen LogP contribution in [0.2, 0.25) is 0 Å². The van der Waals surface area contributed by atoms with Crippen molar-refractivity contribution in [2.45, 2.75) is 18.1 Å². The second-order valence-corrected chi connectivity index (χ2v) is 5.10. The summed E-state index contributed by atoms with van der Waals surface area (Å²) in [7, 11) is 0. The van der Waals surface area contributed by atoms with Crippen LogP contribution < -0.4 is 5.32 Å². The van der Waals surface area contributed by atoms with E-state index >= 15 is 0 Å². The fourth-order valence-electron chi connectivity index (χ4n) is 2.24. The third kappa shape index (κ3) is 2.79. The van der Waals surface area contributed by atoms with Crippen LogP contribution in [0.15, 0.2) is 23.9 Å². The van der Waals surface area contributed by atoms with Gasteiger partial charge < -0.3 is 10.2 Å². The minimum absolute atomic E-state index is 0.693. The maximum Gasteiger partial charge on any atom is 0.0447 e. The highest BCUT2D eigenvalue weighted by atomic mass is 32.2. The normalized spacial score (nSPS) is 27.4. The largest absolute Gasteiger partial charge is 0.371 e. The first-order valence-corrected chi connectivity index (χ1v) is 7.06. The second kappa shape index (κ2) is 5.61. The molecule has 1 unspecified atom stereocenters. The molecule has 1 atom stereocenters. The summed E-state index contributed by atoms with van der Waals surface area (Å²) in [4.78, 5) is 2.55. The van der Waals surface area contributed by atoms with Gasteiger partial charge in [0.2, 0.25) is 0 Å². The van der Waals surface area contributed by atoms with E-state index in [1.54, 1.807) is 0 Å². The Bertz CT molecular complexity index is 254. The van der Waals surface area contributed by atoms with Gasteiger partial charge in [-0.1, -0.05) is 12.2 Å². The zero-order valence-corrected chi connectivity index (χ0v) is 10.2. The molecule has 0 aromatic carbocycles. The Kier molecular flexibility index (Phi) is 4.15. The summed E-state index contributed by atoms with van der Waals surface area (Å²) in [5.41, 5.74) is 1.54. The molecule has 1 N–H and O–H groups in total. The average molecular weight is 224 g/mol. The van der Waals surface area contributed by atoms with E-state index in [4.69, 9.17) is 0 Å². The summed E-state index contributed by atoms with van der Waals surface area (Å²) < 4.78 is 0. The number of allylic oxidation sites excluding steroid dienone is 3. The summed E-state index contributed by atoms with van der Waals surface area (Å²) >= 11 is 1.99. The molecule has 15 heavy (non-hydrogen) atoms. The third-order valence-electron chi connectivity index (χ3n) is 3.10. The number of hydrogen-bond acceptors (Lipinski definition) is 3. The van der Waals surface area contributed by atoms with Crippen molar-refractivity contribution >= 4 is 11.8 Å². The minimum atomic E-state index is 0.693. The van der Waals surface area contributed by atoms with E-state index in [2.05, 4.69) is 34.7 Å². The van der Waals surface area contributed by atoms with Crippen molar-refractivity contribution in [1.82, 2.24) is 10.2 Å². The Hall–Kier alpha value is -0.410. The highest BCUT2D eigenvalue weighted by Gasteiger charge is 2.20. The minimum Gasteiger partial charge on any atom is -0.371 e. The van der Waals surface area contributed by atoms with E-state index in [0.29, 0.717) is 5.25 Å². The first-order valence-electron chi connectivity index (χ1n) is 5.77. The van der Waals surface area contributed by atoms with Gasteiger partial charge in [-0.15, -0.1) is 0 Å². The van der Waals surface area contributed by atoms with Crippen molar-refractivity contribution in [1.29, 1.82) is 0 Å². The van der Waals surface area contributed by atoms with Crippen LogP contribution in [0.3, 0.4) is 0 Å². The number of rotatable bonds is 2. The highest BCUT2D eigenvalue weighted by molar-refractivity contribution is 7.99. The van der Waals surface area contributed by atoms with Crippen molar-refractivity contribution in [3.63, 3.8) is 0 Å². The molecule has 2 nitrogen and oxygen atoms in total. The maximum atomic E-state index is 3.41. The molecule has 1 heterocycles. The number of thioether (sulfide) groups is 1. The molecule has 0 aromatic rings. The topological polar surface area (TPSA) is 15.3 Å². The number of piperazine rings is 1. The molecule has 0 saturated carbocycles. The Morgan fingerprint density at radius 3 is 2.93 bits per heavy atom. The standard InChI is InChI=1S/C12H20N2S/c1-15-12-6-4-2-3-5-11(12)14-9-7-13-8-10-14/h2-3,5,12-13H,4,6-10H2,1H3. The van der Waals surface area contributed by atoms with Gasteiger partial charge in [0.05, 0.1) is 0 Å². The lowest BCUT2D eigenvalue weighted by atomic mass is 10.2. The van der Waals surface area contributed by atoms with Crippen LogP contribution in [0.25, 0.3) is 0 Å². The van der Waals surface area contributed by atoms with Crippen molar-refractivity contribution in [2.24, 2.45) is 0 Å². The Morgan fingerprint density at radius 2 is 2.20 bits per heavy atom. The lowest BCUT2D eigenvalue weighted by molar-refractivity contribution is 0.291.